The lowest BCUT2D eigenvalue weighted by molar-refractivity contribution is -0.129. The number of nitrogens with zero attached hydrogens (tertiary/aromatic N) is 4. The molecule has 3 aromatic rings. The van der Waals surface area contributed by atoms with Gasteiger partial charge in [-0.2, -0.15) is 0 Å². The molecule has 2 aromatic carbocycles. The minimum Gasteiger partial charge on any atom is -0.341 e. The summed E-state index contributed by atoms with van der Waals surface area (Å²) in [7, 11) is 0. The first-order chi connectivity index (χ1) is 13.6. The Hall–Kier alpha value is -2.51. The van der Waals surface area contributed by atoms with Gasteiger partial charge in [0.1, 0.15) is 5.25 Å². The number of hydrogen-bond acceptors (Lipinski definition) is 5. The molecule has 1 aliphatic heterocycles. The van der Waals surface area contributed by atoms with E-state index in [-0.39, 0.29) is 5.91 Å². The lowest BCUT2D eigenvalue weighted by Gasteiger charge is -2.22. The Balaban J connectivity index is 1.66. The van der Waals surface area contributed by atoms with E-state index in [2.05, 4.69) is 10.2 Å². The number of rotatable bonds is 5. The zero-order chi connectivity index (χ0) is 19.5. The van der Waals surface area contributed by atoms with Gasteiger partial charge in [0.05, 0.1) is 5.02 Å². The Kier molecular flexibility index (Phi) is 5.54. The van der Waals surface area contributed by atoms with Crippen molar-refractivity contribution < 1.29 is 4.79 Å². The number of nitrogen functional groups attached to an aromatic ring is 1. The van der Waals surface area contributed by atoms with Gasteiger partial charge < -0.3 is 10.7 Å². The second-order valence-electron chi connectivity index (χ2n) is 6.60. The summed E-state index contributed by atoms with van der Waals surface area (Å²) in [6.45, 7) is 1.59. The van der Waals surface area contributed by atoms with Crippen molar-refractivity contribution in [1.82, 2.24) is 19.8 Å². The average molecular weight is 414 g/mol. The van der Waals surface area contributed by atoms with Crippen LogP contribution in [-0.4, -0.2) is 38.8 Å². The fourth-order valence-corrected chi connectivity index (χ4v) is 4.54. The van der Waals surface area contributed by atoms with Gasteiger partial charge in [0.2, 0.25) is 11.1 Å². The summed E-state index contributed by atoms with van der Waals surface area (Å²) in [5.41, 5.74) is 1.62. The highest BCUT2D eigenvalue weighted by molar-refractivity contribution is 8.00. The van der Waals surface area contributed by atoms with Crippen LogP contribution < -0.4 is 5.84 Å². The summed E-state index contributed by atoms with van der Waals surface area (Å²) in [5.74, 6) is 6.82. The van der Waals surface area contributed by atoms with Crippen molar-refractivity contribution >= 4 is 29.3 Å². The molecule has 2 heterocycles. The van der Waals surface area contributed by atoms with Crippen LogP contribution in [0, 0.1) is 0 Å². The Morgan fingerprint density at radius 1 is 1.04 bits per heavy atom. The zero-order valence-corrected chi connectivity index (χ0v) is 16.7. The van der Waals surface area contributed by atoms with Crippen LogP contribution in [0.2, 0.25) is 5.02 Å². The van der Waals surface area contributed by atoms with Gasteiger partial charge in [0, 0.05) is 18.7 Å². The van der Waals surface area contributed by atoms with Crippen molar-refractivity contribution in [2.75, 3.05) is 18.9 Å². The van der Waals surface area contributed by atoms with Crippen LogP contribution in [0.25, 0.3) is 11.4 Å². The number of nitrogens with two attached hydrogens (primary N) is 1. The van der Waals surface area contributed by atoms with E-state index in [0.717, 1.165) is 31.5 Å². The highest BCUT2D eigenvalue weighted by Crippen LogP contribution is 2.37. The summed E-state index contributed by atoms with van der Waals surface area (Å²) >= 11 is 7.59. The molecule has 1 aliphatic rings. The normalized spacial score (nSPS) is 15.0. The van der Waals surface area contributed by atoms with Crippen LogP contribution in [0.1, 0.15) is 23.7 Å². The van der Waals surface area contributed by atoms with Crippen LogP contribution in [-0.2, 0) is 4.79 Å². The highest BCUT2D eigenvalue weighted by Gasteiger charge is 2.30. The van der Waals surface area contributed by atoms with E-state index in [1.807, 2.05) is 53.4 Å². The fourth-order valence-electron chi connectivity index (χ4n) is 3.28. The minimum atomic E-state index is -0.426. The minimum absolute atomic E-state index is 0.0796. The van der Waals surface area contributed by atoms with E-state index in [1.165, 1.54) is 16.4 Å². The summed E-state index contributed by atoms with van der Waals surface area (Å²) in [6.07, 6.45) is 2.09. The van der Waals surface area contributed by atoms with E-state index in [9.17, 15) is 4.79 Å². The molecule has 1 amide bonds. The van der Waals surface area contributed by atoms with Gasteiger partial charge in [-0.25, -0.2) is 4.68 Å². The van der Waals surface area contributed by atoms with E-state index >= 15 is 0 Å². The van der Waals surface area contributed by atoms with Crippen molar-refractivity contribution in [3.05, 3.63) is 65.2 Å². The van der Waals surface area contributed by atoms with E-state index in [4.69, 9.17) is 17.4 Å². The fraction of sp³-hybridized carbons (Fsp3) is 0.250. The van der Waals surface area contributed by atoms with Crippen LogP contribution in [0.15, 0.2) is 59.8 Å². The molecule has 1 aromatic heterocycles. The van der Waals surface area contributed by atoms with Crippen molar-refractivity contribution in [3.63, 3.8) is 0 Å². The summed E-state index contributed by atoms with van der Waals surface area (Å²) < 4.78 is 1.40. The number of likely N-dealkylation sites (tertiary alicyclic amines) is 1. The number of carbonyl (C=O) groups is 1. The van der Waals surface area contributed by atoms with Gasteiger partial charge in [-0.3, -0.25) is 4.79 Å². The molecule has 0 saturated carbocycles. The molecule has 0 spiro atoms. The number of aromatic nitrogens is 3. The van der Waals surface area contributed by atoms with Crippen LogP contribution in [0.4, 0.5) is 0 Å². The molecular formula is C20H20ClN5OS. The third-order valence-corrected chi connectivity index (χ3v) is 6.28. The predicted octanol–water partition coefficient (Wildman–Crippen LogP) is 3.77. The first-order valence-corrected chi connectivity index (χ1v) is 10.4. The molecule has 8 heteroatoms. The van der Waals surface area contributed by atoms with Crippen molar-refractivity contribution in [3.8, 4) is 11.4 Å². The third-order valence-electron chi connectivity index (χ3n) is 4.75. The first-order valence-electron chi connectivity index (χ1n) is 9.11. The number of amides is 1. The third kappa shape index (κ3) is 3.72. The maximum absolute atomic E-state index is 13.2. The molecule has 0 aliphatic carbocycles. The molecule has 1 saturated heterocycles. The Morgan fingerprint density at radius 3 is 2.43 bits per heavy atom. The highest BCUT2D eigenvalue weighted by atomic mass is 35.5. The van der Waals surface area contributed by atoms with Gasteiger partial charge in [-0.1, -0.05) is 65.8 Å². The van der Waals surface area contributed by atoms with Crippen LogP contribution >= 0.6 is 23.4 Å². The SMILES string of the molecule is Nn1c(S[C@@H](C(=O)N2CCCC2)c2ccccc2)nnc1-c1ccccc1Cl. The smallest absolute Gasteiger partial charge is 0.240 e. The maximum atomic E-state index is 13.2. The molecule has 2 N–H and O–H groups in total. The summed E-state index contributed by atoms with van der Waals surface area (Å²) in [6, 6.07) is 17.1. The van der Waals surface area contributed by atoms with E-state index in [0.29, 0.717) is 21.6 Å². The molecule has 0 unspecified atom stereocenters. The lowest BCUT2D eigenvalue weighted by Crippen LogP contribution is -2.31. The second kappa shape index (κ2) is 8.24. The number of thioether (sulfide) groups is 1. The molecule has 0 bridgehead atoms. The molecule has 1 fully saturated rings. The van der Waals surface area contributed by atoms with E-state index < -0.39 is 5.25 Å². The lowest BCUT2D eigenvalue weighted by atomic mass is 10.1. The standard InChI is InChI=1S/C20H20ClN5OS/c21-16-11-5-4-10-15(16)18-23-24-20(26(18)22)28-17(14-8-2-1-3-9-14)19(27)25-12-6-7-13-25/h1-5,8-11,17H,6-7,12-13,22H2/t17-/m1/s1. The van der Waals surface area contributed by atoms with Gasteiger partial charge in [-0.05, 0) is 30.5 Å². The van der Waals surface area contributed by atoms with Crippen molar-refractivity contribution in [2.24, 2.45) is 0 Å². The summed E-state index contributed by atoms with van der Waals surface area (Å²) in [5, 5.41) is 9.03. The first kappa shape index (κ1) is 18.8. The number of hydrogen-bond donors (Lipinski definition) is 1. The van der Waals surface area contributed by atoms with Crippen LogP contribution in [0.5, 0.6) is 0 Å². The van der Waals surface area contributed by atoms with Gasteiger partial charge in [0.25, 0.3) is 0 Å². The quantitative estimate of drug-likeness (QED) is 0.509. The van der Waals surface area contributed by atoms with Gasteiger partial charge in [0.15, 0.2) is 5.82 Å². The van der Waals surface area contributed by atoms with Crippen LogP contribution in [0.3, 0.4) is 0 Å². The summed E-state index contributed by atoms with van der Waals surface area (Å²) in [4.78, 5) is 15.1. The molecule has 4 rings (SSSR count). The molecule has 28 heavy (non-hydrogen) atoms. The Morgan fingerprint density at radius 2 is 1.71 bits per heavy atom. The molecule has 144 valence electrons. The zero-order valence-electron chi connectivity index (χ0n) is 15.2. The number of halogens is 1. The molecule has 0 radical (unpaired) electrons. The van der Waals surface area contributed by atoms with Crippen molar-refractivity contribution in [2.45, 2.75) is 23.2 Å². The molecule has 6 nitrogen and oxygen atoms in total. The van der Waals surface area contributed by atoms with Gasteiger partial charge >= 0.3 is 0 Å². The second-order valence-corrected chi connectivity index (χ2v) is 8.08. The average Bonchev–Trinajstić information content (AvgIpc) is 3.37. The van der Waals surface area contributed by atoms with E-state index in [1.54, 1.807) is 6.07 Å². The maximum Gasteiger partial charge on any atom is 0.240 e. The molecule has 1 atom stereocenters. The number of benzene rings is 2. The number of carbonyl (C=O) groups excluding carboxylic acids is 1. The Labute approximate surface area is 172 Å². The van der Waals surface area contributed by atoms with Crippen molar-refractivity contribution in [1.29, 1.82) is 0 Å². The monoisotopic (exact) mass is 413 g/mol. The predicted molar refractivity (Wildman–Crippen MR) is 111 cm³/mol. The van der Waals surface area contributed by atoms with Gasteiger partial charge in [-0.15, -0.1) is 10.2 Å². The molecular weight excluding hydrogens is 394 g/mol. The topological polar surface area (TPSA) is 77.0 Å². The largest absolute Gasteiger partial charge is 0.341 e. The Bertz CT molecular complexity index is 972.